The van der Waals surface area contributed by atoms with Crippen LogP contribution in [-0.2, 0) is 4.74 Å². The molecule has 0 aliphatic heterocycles. The van der Waals surface area contributed by atoms with Crippen molar-refractivity contribution in [1.82, 2.24) is 4.98 Å². The van der Waals surface area contributed by atoms with Crippen molar-refractivity contribution in [2.45, 2.75) is 25.3 Å². The molecule has 1 heterocycles. The largest absolute Gasteiger partial charge is 0.464 e. The van der Waals surface area contributed by atoms with Crippen LogP contribution >= 0.6 is 0 Å². The van der Waals surface area contributed by atoms with Crippen LogP contribution in [0, 0.1) is 10.1 Å². The highest BCUT2D eigenvalue weighted by Crippen LogP contribution is 2.25. The molecule has 0 spiro atoms. The molecule has 7 heteroatoms. The predicted octanol–water partition coefficient (Wildman–Crippen LogP) is 2.30. The maximum absolute atomic E-state index is 11.4. The van der Waals surface area contributed by atoms with E-state index < -0.39 is 10.9 Å². The Bertz CT molecular complexity index is 557. The number of nitrogens with zero attached hydrogens (tertiary/aromatic N) is 2. The SMILES string of the molecule is COC(=O)c1ccc([N+](=O)[O-])c(NC2CC=CCC2)n1. The van der Waals surface area contributed by atoms with Gasteiger partial charge in [0.2, 0.25) is 5.82 Å². The Balaban J connectivity index is 2.28. The number of ether oxygens (including phenoxy) is 1. The summed E-state index contributed by atoms with van der Waals surface area (Å²) < 4.78 is 4.57. The monoisotopic (exact) mass is 277 g/mol. The third kappa shape index (κ3) is 3.11. The molecular weight excluding hydrogens is 262 g/mol. The van der Waals surface area contributed by atoms with Crippen molar-refractivity contribution in [3.8, 4) is 0 Å². The number of rotatable bonds is 4. The zero-order chi connectivity index (χ0) is 14.5. The summed E-state index contributed by atoms with van der Waals surface area (Å²) >= 11 is 0. The Kier molecular flexibility index (Phi) is 4.29. The van der Waals surface area contributed by atoms with Crippen LogP contribution < -0.4 is 5.32 Å². The average Bonchev–Trinajstić information content (AvgIpc) is 2.47. The molecule has 0 bridgehead atoms. The van der Waals surface area contributed by atoms with Crippen LogP contribution in [0.25, 0.3) is 0 Å². The molecule has 1 aromatic heterocycles. The minimum Gasteiger partial charge on any atom is -0.464 e. The van der Waals surface area contributed by atoms with E-state index in [2.05, 4.69) is 21.1 Å². The smallest absolute Gasteiger partial charge is 0.356 e. The summed E-state index contributed by atoms with van der Waals surface area (Å²) in [4.78, 5) is 25.9. The van der Waals surface area contributed by atoms with Crippen LogP contribution in [-0.4, -0.2) is 29.0 Å². The second kappa shape index (κ2) is 6.14. The first-order chi connectivity index (χ1) is 9.61. The lowest BCUT2D eigenvalue weighted by atomic mass is 10.0. The second-order valence-electron chi connectivity index (χ2n) is 4.44. The summed E-state index contributed by atoms with van der Waals surface area (Å²) in [5.74, 6) is -0.510. The first kappa shape index (κ1) is 14.0. The molecule has 1 aliphatic carbocycles. The van der Waals surface area contributed by atoms with Gasteiger partial charge in [-0.25, -0.2) is 9.78 Å². The van der Waals surface area contributed by atoms with Crippen LogP contribution in [0.2, 0.25) is 0 Å². The van der Waals surface area contributed by atoms with E-state index in [1.165, 1.54) is 19.2 Å². The standard InChI is InChI=1S/C13H15N3O4/c1-20-13(17)10-7-8-11(16(18)19)12(15-10)14-9-5-3-2-4-6-9/h2-3,7-9H,4-6H2,1H3,(H,14,15). The Hall–Kier alpha value is -2.44. The molecule has 1 N–H and O–H groups in total. The number of carbonyl (C=O) groups excluding carboxylic acids is 1. The minimum atomic E-state index is -0.619. The number of pyridine rings is 1. The first-order valence-corrected chi connectivity index (χ1v) is 6.27. The molecule has 2 rings (SSSR count). The van der Waals surface area contributed by atoms with E-state index in [1.54, 1.807) is 0 Å². The average molecular weight is 277 g/mol. The molecule has 20 heavy (non-hydrogen) atoms. The van der Waals surface area contributed by atoms with Crippen LogP contribution in [0.5, 0.6) is 0 Å². The van der Waals surface area contributed by atoms with E-state index in [1.807, 2.05) is 6.08 Å². The summed E-state index contributed by atoms with van der Waals surface area (Å²) in [5, 5.41) is 14.0. The Morgan fingerprint density at radius 1 is 1.50 bits per heavy atom. The van der Waals surface area contributed by atoms with Crippen LogP contribution in [0.4, 0.5) is 11.5 Å². The van der Waals surface area contributed by atoms with Gasteiger partial charge in [0.1, 0.15) is 0 Å². The third-order valence-electron chi connectivity index (χ3n) is 3.08. The van der Waals surface area contributed by atoms with E-state index in [0.717, 1.165) is 19.3 Å². The van der Waals surface area contributed by atoms with E-state index in [-0.39, 0.29) is 23.2 Å². The zero-order valence-electron chi connectivity index (χ0n) is 11.0. The van der Waals surface area contributed by atoms with Gasteiger partial charge in [-0.2, -0.15) is 0 Å². The van der Waals surface area contributed by atoms with Crippen molar-refractivity contribution in [3.63, 3.8) is 0 Å². The summed E-state index contributed by atoms with van der Waals surface area (Å²) in [7, 11) is 1.24. The van der Waals surface area contributed by atoms with Gasteiger partial charge in [0.15, 0.2) is 5.69 Å². The maximum Gasteiger partial charge on any atom is 0.356 e. The van der Waals surface area contributed by atoms with E-state index in [4.69, 9.17) is 0 Å². The highest BCUT2D eigenvalue weighted by molar-refractivity contribution is 5.88. The van der Waals surface area contributed by atoms with Crippen molar-refractivity contribution < 1.29 is 14.5 Å². The van der Waals surface area contributed by atoms with Crippen LogP contribution in [0.1, 0.15) is 29.8 Å². The number of nitrogens with one attached hydrogen (secondary N) is 1. The number of carbonyl (C=O) groups is 1. The lowest BCUT2D eigenvalue weighted by molar-refractivity contribution is -0.384. The van der Waals surface area contributed by atoms with E-state index >= 15 is 0 Å². The van der Waals surface area contributed by atoms with Gasteiger partial charge < -0.3 is 10.1 Å². The third-order valence-corrected chi connectivity index (χ3v) is 3.08. The van der Waals surface area contributed by atoms with Gasteiger partial charge in [-0.3, -0.25) is 10.1 Å². The van der Waals surface area contributed by atoms with Gasteiger partial charge in [0, 0.05) is 12.1 Å². The summed E-state index contributed by atoms with van der Waals surface area (Å²) in [6.45, 7) is 0. The van der Waals surface area contributed by atoms with Crippen molar-refractivity contribution in [1.29, 1.82) is 0 Å². The number of anilines is 1. The maximum atomic E-state index is 11.4. The molecule has 106 valence electrons. The Labute approximate surface area is 115 Å². The highest BCUT2D eigenvalue weighted by Gasteiger charge is 2.21. The van der Waals surface area contributed by atoms with E-state index in [0.29, 0.717) is 0 Å². The fourth-order valence-electron chi connectivity index (χ4n) is 2.04. The number of methoxy groups -OCH3 is 1. The molecule has 7 nitrogen and oxygen atoms in total. The lowest BCUT2D eigenvalue weighted by Crippen LogP contribution is -2.22. The van der Waals surface area contributed by atoms with Gasteiger partial charge >= 0.3 is 11.7 Å². The normalized spacial score (nSPS) is 17.6. The lowest BCUT2D eigenvalue weighted by Gasteiger charge is -2.19. The molecule has 0 fully saturated rings. The molecular formula is C13H15N3O4. The van der Waals surface area contributed by atoms with Gasteiger partial charge in [-0.15, -0.1) is 0 Å². The predicted molar refractivity (Wildman–Crippen MR) is 72.6 cm³/mol. The first-order valence-electron chi connectivity index (χ1n) is 6.27. The molecule has 0 radical (unpaired) electrons. The molecule has 0 saturated heterocycles. The van der Waals surface area contributed by atoms with Crippen molar-refractivity contribution in [2.24, 2.45) is 0 Å². The van der Waals surface area contributed by atoms with Gasteiger partial charge in [0.05, 0.1) is 12.0 Å². The molecule has 1 atom stereocenters. The fourth-order valence-corrected chi connectivity index (χ4v) is 2.04. The van der Waals surface area contributed by atoms with Crippen molar-refractivity contribution in [2.75, 3.05) is 12.4 Å². The number of hydrogen-bond donors (Lipinski definition) is 1. The zero-order valence-corrected chi connectivity index (χ0v) is 11.0. The van der Waals surface area contributed by atoms with Crippen molar-refractivity contribution >= 4 is 17.5 Å². The molecule has 0 amide bonds. The number of nitro groups is 1. The van der Waals surface area contributed by atoms with Gasteiger partial charge in [-0.1, -0.05) is 12.2 Å². The van der Waals surface area contributed by atoms with Crippen LogP contribution in [0.3, 0.4) is 0 Å². The Morgan fingerprint density at radius 3 is 2.90 bits per heavy atom. The molecule has 1 unspecified atom stereocenters. The number of esters is 1. The van der Waals surface area contributed by atoms with Gasteiger partial charge in [-0.05, 0) is 25.3 Å². The number of aromatic nitrogens is 1. The topological polar surface area (TPSA) is 94.4 Å². The molecule has 1 aliphatic rings. The second-order valence-corrected chi connectivity index (χ2v) is 4.44. The fraction of sp³-hybridized carbons (Fsp3) is 0.385. The number of hydrogen-bond acceptors (Lipinski definition) is 6. The minimum absolute atomic E-state index is 0.0481. The van der Waals surface area contributed by atoms with Crippen LogP contribution in [0.15, 0.2) is 24.3 Å². The summed E-state index contributed by atoms with van der Waals surface area (Å²) in [6, 6.07) is 2.63. The molecule has 1 aromatic rings. The molecule has 0 saturated carbocycles. The van der Waals surface area contributed by atoms with Gasteiger partial charge in [0.25, 0.3) is 0 Å². The summed E-state index contributed by atoms with van der Waals surface area (Å²) in [5.41, 5.74) is -0.0980. The number of allylic oxidation sites excluding steroid dienone is 1. The Morgan fingerprint density at radius 2 is 2.30 bits per heavy atom. The summed E-state index contributed by atoms with van der Waals surface area (Å²) in [6.07, 6.45) is 6.67. The molecule has 0 aromatic carbocycles. The van der Waals surface area contributed by atoms with Crippen molar-refractivity contribution in [3.05, 3.63) is 40.1 Å². The van der Waals surface area contributed by atoms with E-state index in [9.17, 15) is 14.9 Å². The highest BCUT2D eigenvalue weighted by atomic mass is 16.6. The quantitative estimate of drug-likeness (QED) is 0.393.